The molecule has 1 aliphatic rings. The van der Waals surface area contributed by atoms with E-state index in [-0.39, 0.29) is 6.03 Å². The van der Waals surface area contributed by atoms with Crippen molar-refractivity contribution < 1.29 is 4.79 Å². The highest BCUT2D eigenvalue weighted by molar-refractivity contribution is 5.74. The molecule has 4 nitrogen and oxygen atoms in total. The van der Waals surface area contributed by atoms with E-state index in [0.29, 0.717) is 18.0 Å². The highest BCUT2D eigenvalue weighted by Gasteiger charge is 2.26. The van der Waals surface area contributed by atoms with Crippen LogP contribution in [-0.2, 0) is 6.54 Å². The van der Waals surface area contributed by atoms with Crippen LogP contribution in [0.1, 0.15) is 29.0 Å². The molecular weight excluding hydrogens is 286 g/mol. The van der Waals surface area contributed by atoms with Crippen molar-refractivity contribution in [1.29, 1.82) is 5.26 Å². The second-order valence-corrected chi connectivity index (χ2v) is 5.81. The van der Waals surface area contributed by atoms with Crippen LogP contribution in [0.25, 0.3) is 0 Å². The van der Waals surface area contributed by atoms with Crippen molar-refractivity contribution in [1.82, 2.24) is 10.2 Å². The predicted molar refractivity (Wildman–Crippen MR) is 88.8 cm³/mol. The molecular formula is C19H19N3O. The molecule has 0 saturated carbocycles. The average molecular weight is 305 g/mol. The van der Waals surface area contributed by atoms with Gasteiger partial charge in [0.15, 0.2) is 0 Å². The van der Waals surface area contributed by atoms with Gasteiger partial charge in [-0.15, -0.1) is 0 Å². The number of hydrogen-bond donors (Lipinski definition) is 1. The number of carbonyl (C=O) groups excluding carboxylic acids is 1. The third-order valence-electron chi connectivity index (χ3n) is 4.25. The molecule has 1 heterocycles. The van der Waals surface area contributed by atoms with Crippen LogP contribution < -0.4 is 5.32 Å². The molecule has 1 fully saturated rings. The number of nitrogens with one attached hydrogen (secondary N) is 1. The normalized spacial score (nSPS) is 16.8. The third-order valence-corrected chi connectivity index (χ3v) is 4.25. The van der Waals surface area contributed by atoms with Crippen LogP contribution in [0.5, 0.6) is 0 Å². The Balaban J connectivity index is 1.54. The lowest BCUT2D eigenvalue weighted by molar-refractivity contribution is 0.208. The summed E-state index contributed by atoms with van der Waals surface area (Å²) in [5.74, 6) is 0.420. The van der Waals surface area contributed by atoms with E-state index in [0.717, 1.165) is 25.1 Å². The molecule has 2 amide bonds. The molecule has 0 spiro atoms. The molecule has 23 heavy (non-hydrogen) atoms. The Hall–Kier alpha value is -2.80. The monoisotopic (exact) mass is 305 g/mol. The third kappa shape index (κ3) is 3.70. The first-order chi connectivity index (χ1) is 11.3. The minimum atomic E-state index is -0.0363. The fourth-order valence-corrected chi connectivity index (χ4v) is 2.98. The van der Waals surface area contributed by atoms with Gasteiger partial charge in [0, 0.05) is 25.6 Å². The van der Waals surface area contributed by atoms with Crippen molar-refractivity contribution >= 4 is 6.03 Å². The first kappa shape index (κ1) is 15.1. The first-order valence-electron chi connectivity index (χ1n) is 7.83. The molecule has 0 aromatic heterocycles. The van der Waals surface area contributed by atoms with Gasteiger partial charge in [-0.3, -0.25) is 0 Å². The van der Waals surface area contributed by atoms with Crippen LogP contribution in [0.15, 0.2) is 54.6 Å². The molecule has 3 rings (SSSR count). The van der Waals surface area contributed by atoms with Gasteiger partial charge in [-0.2, -0.15) is 5.26 Å². The summed E-state index contributed by atoms with van der Waals surface area (Å²) in [6.45, 7) is 1.98. The van der Waals surface area contributed by atoms with Gasteiger partial charge in [0.2, 0.25) is 0 Å². The van der Waals surface area contributed by atoms with Gasteiger partial charge in [-0.05, 0) is 29.7 Å². The Kier molecular flexibility index (Phi) is 4.58. The first-order valence-corrected chi connectivity index (χ1v) is 7.83. The SMILES string of the molecule is N#Cc1cccc(CNC(=O)N2CC[C@@H](c3ccccc3)C2)c1. The zero-order chi connectivity index (χ0) is 16.1. The quantitative estimate of drug-likeness (QED) is 0.946. The number of carbonyl (C=O) groups is 1. The minimum Gasteiger partial charge on any atom is -0.334 e. The number of urea groups is 1. The Morgan fingerprint density at radius 3 is 2.83 bits per heavy atom. The Labute approximate surface area is 136 Å². The number of benzene rings is 2. The zero-order valence-corrected chi connectivity index (χ0v) is 12.9. The van der Waals surface area contributed by atoms with Crippen molar-refractivity contribution in [2.45, 2.75) is 18.9 Å². The molecule has 1 atom stereocenters. The van der Waals surface area contributed by atoms with Gasteiger partial charge in [0.1, 0.15) is 0 Å². The molecule has 2 aromatic rings. The van der Waals surface area contributed by atoms with Crippen molar-refractivity contribution in [3.8, 4) is 6.07 Å². The molecule has 116 valence electrons. The van der Waals surface area contributed by atoms with E-state index in [1.165, 1.54) is 5.56 Å². The summed E-state index contributed by atoms with van der Waals surface area (Å²) in [5.41, 5.74) is 2.85. The van der Waals surface area contributed by atoms with Crippen molar-refractivity contribution in [2.75, 3.05) is 13.1 Å². The number of amides is 2. The van der Waals surface area contributed by atoms with Crippen LogP contribution in [0, 0.1) is 11.3 Å². The van der Waals surface area contributed by atoms with E-state index in [1.54, 1.807) is 12.1 Å². The highest BCUT2D eigenvalue weighted by Crippen LogP contribution is 2.26. The molecule has 2 aromatic carbocycles. The molecule has 1 saturated heterocycles. The average Bonchev–Trinajstić information content (AvgIpc) is 3.11. The van der Waals surface area contributed by atoms with E-state index in [1.807, 2.05) is 35.2 Å². The van der Waals surface area contributed by atoms with E-state index in [4.69, 9.17) is 5.26 Å². The summed E-state index contributed by atoms with van der Waals surface area (Å²) in [5, 5.41) is 11.8. The molecule has 0 bridgehead atoms. The maximum absolute atomic E-state index is 12.3. The topological polar surface area (TPSA) is 56.1 Å². The van der Waals surface area contributed by atoms with Crippen molar-refractivity contribution in [3.05, 3.63) is 71.3 Å². The minimum absolute atomic E-state index is 0.0363. The van der Waals surface area contributed by atoms with Crippen molar-refractivity contribution in [2.24, 2.45) is 0 Å². The number of hydrogen-bond acceptors (Lipinski definition) is 2. The van der Waals surface area contributed by atoms with E-state index < -0.39 is 0 Å². The maximum atomic E-state index is 12.3. The molecule has 0 aliphatic carbocycles. The number of rotatable bonds is 3. The zero-order valence-electron chi connectivity index (χ0n) is 12.9. The second kappa shape index (κ2) is 6.97. The van der Waals surface area contributed by atoms with E-state index in [2.05, 4.69) is 23.5 Å². The van der Waals surface area contributed by atoms with Gasteiger partial charge < -0.3 is 10.2 Å². The van der Waals surface area contributed by atoms with Crippen molar-refractivity contribution in [3.63, 3.8) is 0 Å². The van der Waals surface area contributed by atoms with Gasteiger partial charge in [-0.25, -0.2) is 4.79 Å². The summed E-state index contributed by atoms with van der Waals surface area (Å²) < 4.78 is 0. The smallest absolute Gasteiger partial charge is 0.317 e. The lowest BCUT2D eigenvalue weighted by Crippen LogP contribution is -2.37. The van der Waals surface area contributed by atoms with Crippen LogP contribution >= 0.6 is 0 Å². The number of nitrogens with zero attached hydrogens (tertiary/aromatic N) is 2. The largest absolute Gasteiger partial charge is 0.334 e. The fraction of sp³-hybridized carbons (Fsp3) is 0.263. The predicted octanol–water partition coefficient (Wildman–Crippen LogP) is 3.26. The van der Waals surface area contributed by atoms with Crippen LogP contribution in [0.3, 0.4) is 0 Å². The van der Waals surface area contributed by atoms with E-state index in [9.17, 15) is 4.79 Å². The summed E-state index contributed by atoms with van der Waals surface area (Å²) in [4.78, 5) is 14.2. The Morgan fingerprint density at radius 2 is 2.04 bits per heavy atom. The van der Waals surface area contributed by atoms with Gasteiger partial charge >= 0.3 is 6.03 Å². The standard InChI is InChI=1S/C19H19N3O/c20-12-15-5-4-6-16(11-15)13-21-19(23)22-10-9-18(14-22)17-7-2-1-3-8-17/h1-8,11,18H,9-10,13-14H2,(H,21,23)/t18-/m1/s1. The molecule has 0 radical (unpaired) electrons. The van der Waals surface area contributed by atoms with Gasteiger partial charge in [0.05, 0.1) is 11.6 Å². The van der Waals surface area contributed by atoms with Gasteiger partial charge in [0.25, 0.3) is 0 Å². The van der Waals surface area contributed by atoms with E-state index >= 15 is 0 Å². The van der Waals surface area contributed by atoms with Crippen LogP contribution in [0.2, 0.25) is 0 Å². The number of nitriles is 1. The lowest BCUT2D eigenvalue weighted by Gasteiger charge is -2.17. The Bertz CT molecular complexity index is 721. The molecule has 1 aliphatic heterocycles. The molecule has 4 heteroatoms. The second-order valence-electron chi connectivity index (χ2n) is 5.81. The summed E-state index contributed by atoms with van der Waals surface area (Å²) in [6.07, 6.45) is 1.00. The lowest BCUT2D eigenvalue weighted by atomic mass is 9.99. The summed E-state index contributed by atoms with van der Waals surface area (Å²) in [7, 11) is 0. The highest BCUT2D eigenvalue weighted by atomic mass is 16.2. The summed E-state index contributed by atoms with van der Waals surface area (Å²) >= 11 is 0. The molecule has 0 unspecified atom stereocenters. The van der Waals surface area contributed by atoms with Gasteiger partial charge in [-0.1, -0.05) is 42.5 Å². The fourth-order valence-electron chi connectivity index (χ4n) is 2.98. The van der Waals surface area contributed by atoms with Crippen LogP contribution in [-0.4, -0.2) is 24.0 Å². The molecule has 1 N–H and O–H groups in total. The Morgan fingerprint density at radius 1 is 1.22 bits per heavy atom. The summed E-state index contributed by atoms with van der Waals surface area (Å²) in [6, 6.07) is 19.7. The number of likely N-dealkylation sites (tertiary alicyclic amines) is 1. The maximum Gasteiger partial charge on any atom is 0.317 e. The van der Waals surface area contributed by atoms with Crippen LogP contribution in [0.4, 0.5) is 4.79 Å².